The molecule has 0 saturated carbocycles. The lowest BCUT2D eigenvalue weighted by atomic mass is 9.83. The molecular formula is C50H36O5. The topological polar surface area (TPSA) is 94.1 Å². The van der Waals surface area contributed by atoms with Gasteiger partial charge in [0.15, 0.2) is 11.5 Å². The monoisotopic (exact) mass is 716 g/mol. The Balaban J connectivity index is 1.31. The van der Waals surface area contributed by atoms with Crippen molar-refractivity contribution in [2.75, 3.05) is 6.61 Å². The van der Waals surface area contributed by atoms with Crippen molar-refractivity contribution in [2.24, 2.45) is 0 Å². The van der Waals surface area contributed by atoms with E-state index in [1.54, 1.807) is 0 Å². The lowest BCUT2D eigenvalue weighted by molar-refractivity contribution is 0.232. The zero-order valence-corrected chi connectivity index (χ0v) is 29.8. The van der Waals surface area contributed by atoms with Crippen molar-refractivity contribution in [3.63, 3.8) is 0 Å². The molecule has 9 rings (SSSR count). The van der Waals surface area contributed by atoms with E-state index in [0.29, 0.717) is 22.1 Å². The first-order valence-corrected chi connectivity index (χ1v) is 18.2. The normalized spacial score (nSPS) is 13.5. The van der Waals surface area contributed by atoms with E-state index < -0.39 is 18.1 Å². The molecule has 55 heavy (non-hydrogen) atoms. The van der Waals surface area contributed by atoms with Gasteiger partial charge in [0.2, 0.25) is 0 Å². The summed E-state index contributed by atoms with van der Waals surface area (Å²) >= 11 is 0. The maximum atomic E-state index is 11.1. The Morgan fingerprint density at radius 1 is 0.582 bits per heavy atom. The fraction of sp³-hybridized carbons (Fsp3) is 0.0400. The van der Waals surface area contributed by atoms with Gasteiger partial charge in [0.25, 0.3) is 0 Å². The van der Waals surface area contributed by atoms with Crippen LogP contribution in [0.15, 0.2) is 174 Å². The van der Waals surface area contributed by atoms with Crippen LogP contribution in [0.3, 0.4) is 0 Å². The molecule has 0 saturated heterocycles. The Morgan fingerprint density at radius 3 is 1.80 bits per heavy atom. The number of allylic oxidation sites excluding steroid dienone is 4. The maximum Gasteiger partial charge on any atom is 0.167 e. The van der Waals surface area contributed by atoms with Crippen LogP contribution >= 0.6 is 0 Å². The molecular weight excluding hydrogens is 681 g/mol. The number of furan rings is 1. The van der Waals surface area contributed by atoms with Gasteiger partial charge in [-0.05, 0) is 96.9 Å². The van der Waals surface area contributed by atoms with Crippen LogP contribution in [-0.4, -0.2) is 27.0 Å². The average Bonchev–Trinajstić information content (AvgIpc) is 3.43. The molecule has 4 N–H and O–H groups in total. The number of benzene rings is 7. The summed E-state index contributed by atoms with van der Waals surface area (Å²) < 4.78 is 6.56. The molecule has 0 spiro atoms. The van der Waals surface area contributed by atoms with Crippen molar-refractivity contribution in [3.8, 4) is 33.4 Å². The van der Waals surface area contributed by atoms with Crippen LogP contribution in [0, 0.1) is 0 Å². The number of rotatable bonds is 7. The van der Waals surface area contributed by atoms with Crippen molar-refractivity contribution >= 4 is 61.2 Å². The SMILES string of the molecule is C=C/C(O)=C(\C(O)=C(\O)CO)c1cc2c3cc(-c4c5c(c(-c6ccc(-c7ccccc7)cc6)c6ccccc46)C=CCC=C5)ccc3oc2c2ccccc12. The van der Waals surface area contributed by atoms with E-state index in [1.165, 1.54) is 22.8 Å². The summed E-state index contributed by atoms with van der Waals surface area (Å²) in [6, 6.07) is 43.5. The van der Waals surface area contributed by atoms with Gasteiger partial charge in [-0.2, -0.15) is 0 Å². The number of hydrogen-bond acceptors (Lipinski definition) is 5. The van der Waals surface area contributed by atoms with Gasteiger partial charge in [-0.3, -0.25) is 0 Å². The Kier molecular flexibility index (Phi) is 8.42. The van der Waals surface area contributed by atoms with Crippen molar-refractivity contribution in [1.29, 1.82) is 0 Å². The Bertz CT molecular complexity index is 2960. The molecule has 1 aliphatic rings. The Labute approximate surface area is 317 Å². The fourth-order valence-electron chi connectivity index (χ4n) is 8.03. The minimum atomic E-state index is -0.808. The molecule has 0 fully saturated rings. The van der Waals surface area contributed by atoms with Crippen LogP contribution in [0.5, 0.6) is 0 Å². The molecule has 8 aromatic rings. The van der Waals surface area contributed by atoms with Gasteiger partial charge in [-0.1, -0.05) is 140 Å². The van der Waals surface area contributed by atoms with Crippen molar-refractivity contribution in [3.05, 3.63) is 186 Å². The smallest absolute Gasteiger partial charge is 0.167 e. The Hall–Kier alpha value is -7.08. The third-order valence-corrected chi connectivity index (χ3v) is 10.6. The molecule has 266 valence electrons. The third kappa shape index (κ3) is 5.61. The highest BCUT2D eigenvalue weighted by molar-refractivity contribution is 6.20. The molecule has 0 atom stereocenters. The molecule has 0 bridgehead atoms. The van der Waals surface area contributed by atoms with Gasteiger partial charge >= 0.3 is 0 Å². The summed E-state index contributed by atoms with van der Waals surface area (Å²) in [6.45, 7) is 2.89. The minimum absolute atomic E-state index is 0.0502. The second-order valence-corrected chi connectivity index (χ2v) is 13.7. The van der Waals surface area contributed by atoms with Crippen LogP contribution in [0.1, 0.15) is 23.1 Å². The van der Waals surface area contributed by atoms with Gasteiger partial charge in [0.05, 0.1) is 5.57 Å². The molecule has 1 aromatic heterocycles. The maximum absolute atomic E-state index is 11.1. The van der Waals surface area contributed by atoms with E-state index >= 15 is 0 Å². The van der Waals surface area contributed by atoms with E-state index in [-0.39, 0.29) is 11.3 Å². The van der Waals surface area contributed by atoms with E-state index in [0.717, 1.165) is 61.2 Å². The highest BCUT2D eigenvalue weighted by atomic mass is 16.3. The van der Waals surface area contributed by atoms with E-state index in [1.807, 2.05) is 42.5 Å². The highest BCUT2D eigenvalue weighted by Gasteiger charge is 2.24. The zero-order chi connectivity index (χ0) is 37.6. The largest absolute Gasteiger partial charge is 0.507 e. The molecule has 0 amide bonds. The first-order valence-electron chi connectivity index (χ1n) is 18.2. The van der Waals surface area contributed by atoms with E-state index in [9.17, 15) is 20.4 Å². The van der Waals surface area contributed by atoms with Gasteiger partial charge in [-0.15, -0.1) is 0 Å². The summed E-state index contributed by atoms with van der Waals surface area (Å²) in [5, 5.41) is 47.5. The number of aliphatic hydroxyl groups excluding tert-OH is 4. The fourth-order valence-corrected chi connectivity index (χ4v) is 8.03. The summed E-state index contributed by atoms with van der Waals surface area (Å²) in [4.78, 5) is 0. The predicted molar refractivity (Wildman–Crippen MR) is 227 cm³/mol. The van der Waals surface area contributed by atoms with E-state index in [2.05, 4.69) is 116 Å². The van der Waals surface area contributed by atoms with Crippen LogP contribution in [-0.2, 0) is 0 Å². The molecule has 0 unspecified atom stereocenters. The molecule has 1 aliphatic carbocycles. The molecule has 5 nitrogen and oxygen atoms in total. The summed E-state index contributed by atoms with van der Waals surface area (Å²) in [7, 11) is 0. The lowest BCUT2D eigenvalue weighted by Crippen LogP contribution is -2.02. The lowest BCUT2D eigenvalue weighted by Gasteiger charge is -2.20. The van der Waals surface area contributed by atoms with E-state index in [4.69, 9.17) is 4.42 Å². The molecule has 0 aliphatic heterocycles. The van der Waals surface area contributed by atoms with Gasteiger partial charge in [0, 0.05) is 16.2 Å². The van der Waals surface area contributed by atoms with Crippen LogP contribution in [0.4, 0.5) is 0 Å². The Morgan fingerprint density at radius 2 is 1.15 bits per heavy atom. The minimum Gasteiger partial charge on any atom is -0.507 e. The van der Waals surface area contributed by atoms with Crippen LogP contribution in [0.2, 0.25) is 0 Å². The summed E-state index contributed by atoms with van der Waals surface area (Å²) in [5.41, 5.74) is 10.8. The first-order chi connectivity index (χ1) is 27.0. The average molecular weight is 717 g/mol. The number of aliphatic hydroxyl groups is 4. The van der Waals surface area contributed by atoms with Crippen molar-refractivity contribution in [1.82, 2.24) is 0 Å². The quantitative estimate of drug-likeness (QED) is 0.0973. The van der Waals surface area contributed by atoms with Crippen molar-refractivity contribution in [2.45, 2.75) is 6.42 Å². The predicted octanol–water partition coefficient (Wildman–Crippen LogP) is 13.1. The number of hydrogen-bond donors (Lipinski definition) is 4. The highest BCUT2D eigenvalue weighted by Crippen LogP contribution is 2.47. The number of fused-ring (bicyclic) bond motifs is 7. The van der Waals surface area contributed by atoms with Crippen LogP contribution < -0.4 is 0 Å². The second-order valence-electron chi connectivity index (χ2n) is 13.7. The first kappa shape index (κ1) is 33.7. The molecule has 1 heterocycles. The third-order valence-electron chi connectivity index (χ3n) is 10.6. The standard InChI is InChI=1S/C50H36O5/c1-2-43(52)48(49(54)44(53)29-51)41-28-42-40-27-33(25-26-45(40)55-50(42)39-20-12-9-15-34(39)41)47-37-17-8-4-7-16-35(37)46(36-18-10-11-19-38(36)47)32-23-21-31(22-24-32)30-13-5-3-6-14-30/h2-3,5-28,51-54H,1,4,29H2/b48-43+,49-44-. The molecule has 7 aromatic carbocycles. The van der Waals surface area contributed by atoms with Gasteiger partial charge in [0.1, 0.15) is 23.5 Å². The second kappa shape index (κ2) is 13.7. The molecule has 0 radical (unpaired) electrons. The van der Waals surface area contributed by atoms with Crippen molar-refractivity contribution < 1.29 is 24.8 Å². The summed E-state index contributed by atoms with van der Waals surface area (Å²) in [6.07, 6.45) is 10.9. The zero-order valence-electron chi connectivity index (χ0n) is 29.8. The molecule has 5 heteroatoms. The van der Waals surface area contributed by atoms with Gasteiger partial charge in [-0.25, -0.2) is 0 Å². The summed E-state index contributed by atoms with van der Waals surface area (Å²) in [5.74, 6) is -1.65. The van der Waals surface area contributed by atoms with Crippen LogP contribution in [0.25, 0.3) is 94.6 Å². The van der Waals surface area contributed by atoms with Gasteiger partial charge < -0.3 is 24.8 Å².